The number of anilines is 1. The van der Waals surface area contributed by atoms with Crippen LogP contribution in [0.5, 0.6) is 0 Å². The molecule has 142 valence electrons. The van der Waals surface area contributed by atoms with Gasteiger partial charge in [0.25, 0.3) is 0 Å². The van der Waals surface area contributed by atoms with Crippen LogP contribution in [0, 0.1) is 5.82 Å². The van der Waals surface area contributed by atoms with Crippen LogP contribution in [0.3, 0.4) is 0 Å². The van der Waals surface area contributed by atoms with Gasteiger partial charge in [0.2, 0.25) is 5.82 Å². The molecule has 0 unspecified atom stereocenters. The van der Waals surface area contributed by atoms with Crippen LogP contribution in [0.25, 0.3) is 0 Å². The van der Waals surface area contributed by atoms with E-state index in [0.29, 0.717) is 18.1 Å². The topological polar surface area (TPSA) is 165 Å². The van der Waals surface area contributed by atoms with Crippen molar-refractivity contribution in [2.45, 2.75) is 0 Å². The number of hydrogen-bond donors (Lipinski definition) is 5. The lowest BCUT2D eigenvalue weighted by Crippen LogP contribution is -2.22. The number of nitrogens with one attached hydrogen (secondary N) is 2. The smallest absolute Gasteiger partial charge is 0.309 e. The average molecular weight is 450 g/mol. The van der Waals surface area contributed by atoms with Gasteiger partial charge in [0.1, 0.15) is 5.82 Å². The van der Waals surface area contributed by atoms with Gasteiger partial charge in [-0.25, -0.2) is 18.8 Å². The van der Waals surface area contributed by atoms with Gasteiger partial charge in [0.05, 0.1) is 10.2 Å². The van der Waals surface area contributed by atoms with Gasteiger partial charge in [-0.2, -0.15) is 11.8 Å². The summed E-state index contributed by atoms with van der Waals surface area (Å²) >= 11 is 4.75. The van der Waals surface area contributed by atoms with Gasteiger partial charge in [-0.3, -0.25) is 10.7 Å². The summed E-state index contributed by atoms with van der Waals surface area (Å²) in [6, 6.07) is 3.36. The quantitative estimate of drug-likeness (QED) is 0.192. The van der Waals surface area contributed by atoms with Crippen LogP contribution in [0.15, 0.2) is 32.3 Å². The number of aliphatic imine (C=N–C) groups is 1. The highest BCUT2D eigenvalue weighted by atomic mass is 79.9. The van der Waals surface area contributed by atoms with Gasteiger partial charge < -0.3 is 16.8 Å². The summed E-state index contributed by atoms with van der Waals surface area (Å²) in [6.45, 7) is 0.656. The third-order valence-corrected chi connectivity index (χ3v) is 3.78. The molecule has 13 heteroatoms. The molecule has 0 saturated heterocycles. The van der Waals surface area contributed by atoms with E-state index >= 15 is 0 Å². The zero-order valence-electron chi connectivity index (χ0n) is 13.6. The van der Waals surface area contributed by atoms with E-state index in [1.54, 1.807) is 11.8 Å². The Bertz CT molecular complexity index is 755. The standard InChI is InChI=1S/C12H13BrFN5O2S.CH4N2O/c1-22-5-4-15-11-10(18-21-19-11)12(17-20)16-7-2-3-9(14)8(13)6-7;2-1(3)4/h2-3,6,20H,4-5H2,1H3,(H,15,19)(H,16,17);(H4,2,3,4). The second-order valence-corrected chi connectivity index (χ2v) is 6.29. The molecule has 0 aliphatic heterocycles. The highest BCUT2D eigenvalue weighted by molar-refractivity contribution is 9.10. The number of nitrogens with zero attached hydrogens (tertiary/aromatic N) is 3. The number of thioether (sulfide) groups is 1. The van der Waals surface area contributed by atoms with Crippen molar-refractivity contribution in [1.29, 1.82) is 0 Å². The normalized spacial score (nSPS) is 10.7. The van der Waals surface area contributed by atoms with Crippen molar-refractivity contribution in [1.82, 2.24) is 15.8 Å². The summed E-state index contributed by atoms with van der Waals surface area (Å²) in [6.07, 6.45) is 1.98. The fraction of sp³-hybridized carbons (Fsp3) is 0.231. The number of hydroxylamine groups is 1. The van der Waals surface area contributed by atoms with E-state index in [2.05, 4.69) is 52.6 Å². The third kappa shape index (κ3) is 7.25. The van der Waals surface area contributed by atoms with Crippen LogP contribution in [-0.2, 0) is 0 Å². The van der Waals surface area contributed by atoms with Crippen LogP contribution >= 0.6 is 27.7 Å². The summed E-state index contributed by atoms with van der Waals surface area (Å²) in [5, 5.41) is 19.7. The van der Waals surface area contributed by atoms with Gasteiger partial charge in [-0.15, -0.1) is 0 Å². The molecule has 0 radical (unpaired) electrons. The molecule has 2 rings (SSSR count). The van der Waals surface area contributed by atoms with Crippen molar-refractivity contribution < 1.29 is 19.0 Å². The minimum Gasteiger partial charge on any atom is -0.364 e. The monoisotopic (exact) mass is 449 g/mol. The fourth-order valence-corrected chi connectivity index (χ4v) is 2.22. The van der Waals surface area contributed by atoms with Crippen molar-refractivity contribution >= 4 is 51.1 Å². The third-order valence-electron chi connectivity index (χ3n) is 2.56. The van der Waals surface area contributed by atoms with Crippen LogP contribution in [-0.4, -0.2) is 45.9 Å². The molecule has 0 saturated carbocycles. The van der Waals surface area contributed by atoms with Gasteiger partial charge in [0, 0.05) is 12.3 Å². The van der Waals surface area contributed by atoms with E-state index in [0.717, 1.165) is 5.75 Å². The molecule has 1 aromatic heterocycles. The van der Waals surface area contributed by atoms with Gasteiger partial charge >= 0.3 is 6.03 Å². The first-order valence-corrected chi connectivity index (χ1v) is 9.12. The molecule has 0 atom stereocenters. The maximum absolute atomic E-state index is 13.2. The Hall–Kier alpha value is -2.38. The molecule has 0 bridgehead atoms. The number of halogens is 2. The van der Waals surface area contributed by atoms with Crippen molar-refractivity contribution in [2.75, 3.05) is 23.9 Å². The minimum absolute atomic E-state index is 0.0337. The molecule has 7 N–H and O–H groups in total. The van der Waals surface area contributed by atoms with Crippen molar-refractivity contribution in [3.63, 3.8) is 0 Å². The number of carbonyl (C=O) groups excluding carboxylic acids is 1. The fourth-order valence-electron chi connectivity index (χ4n) is 1.55. The predicted octanol–water partition coefficient (Wildman–Crippen LogP) is 1.83. The lowest BCUT2D eigenvalue weighted by molar-refractivity contribution is 0.234. The zero-order valence-corrected chi connectivity index (χ0v) is 16.0. The van der Waals surface area contributed by atoms with Crippen molar-refractivity contribution in [3.8, 4) is 0 Å². The summed E-state index contributed by atoms with van der Waals surface area (Å²) in [5.41, 5.74) is 11.1. The van der Waals surface area contributed by atoms with E-state index in [-0.39, 0.29) is 16.0 Å². The van der Waals surface area contributed by atoms with Crippen LogP contribution in [0.1, 0.15) is 5.69 Å². The SMILES string of the molecule is CSCCNc1nonc1C(=Nc1ccc(F)c(Br)c1)NO.NC(N)=O. The van der Waals surface area contributed by atoms with Crippen molar-refractivity contribution in [3.05, 3.63) is 34.2 Å². The number of nitrogens with two attached hydrogens (primary N) is 2. The van der Waals surface area contributed by atoms with Crippen LogP contribution in [0.2, 0.25) is 0 Å². The number of rotatable bonds is 6. The van der Waals surface area contributed by atoms with Crippen LogP contribution < -0.4 is 22.3 Å². The van der Waals surface area contributed by atoms with Gasteiger partial charge in [-0.05, 0) is 50.7 Å². The first kappa shape index (κ1) is 21.7. The van der Waals surface area contributed by atoms with E-state index in [4.69, 9.17) is 4.79 Å². The number of benzene rings is 1. The predicted molar refractivity (Wildman–Crippen MR) is 100 cm³/mol. The zero-order chi connectivity index (χ0) is 19.5. The summed E-state index contributed by atoms with van der Waals surface area (Å²) in [7, 11) is 0. The Morgan fingerprint density at radius 2 is 2.15 bits per heavy atom. The maximum atomic E-state index is 13.2. The molecule has 2 amide bonds. The number of amides is 2. The average Bonchev–Trinajstić information content (AvgIpc) is 3.04. The molecule has 0 fully saturated rings. The Balaban J connectivity index is 0.000000765. The number of urea groups is 1. The minimum atomic E-state index is -0.833. The molecule has 26 heavy (non-hydrogen) atoms. The largest absolute Gasteiger partial charge is 0.364 e. The second-order valence-electron chi connectivity index (χ2n) is 4.45. The molecule has 0 spiro atoms. The van der Waals surface area contributed by atoms with E-state index < -0.39 is 11.8 Å². The Labute approximate surface area is 160 Å². The lowest BCUT2D eigenvalue weighted by atomic mass is 10.3. The second kappa shape index (κ2) is 11.3. The first-order chi connectivity index (χ1) is 12.4. The number of primary amides is 2. The molecule has 10 nitrogen and oxygen atoms in total. The van der Waals surface area contributed by atoms with Crippen LogP contribution in [0.4, 0.5) is 20.7 Å². The highest BCUT2D eigenvalue weighted by Crippen LogP contribution is 2.23. The molecule has 0 aliphatic carbocycles. The molecule has 1 aromatic carbocycles. The number of amidine groups is 1. The first-order valence-electron chi connectivity index (χ1n) is 6.93. The molecule has 2 aromatic rings. The summed E-state index contributed by atoms with van der Waals surface area (Å²) in [5.74, 6) is 0.859. The Kier molecular flexibility index (Phi) is 9.40. The van der Waals surface area contributed by atoms with Crippen molar-refractivity contribution in [2.24, 2.45) is 16.5 Å². The summed E-state index contributed by atoms with van der Waals surface area (Å²) in [4.78, 5) is 13.2. The number of aromatic nitrogens is 2. The Morgan fingerprint density at radius 3 is 2.73 bits per heavy atom. The molecular formula is C13H17BrFN7O3S. The van der Waals surface area contributed by atoms with E-state index in [1.165, 1.54) is 18.2 Å². The van der Waals surface area contributed by atoms with E-state index in [1.807, 2.05) is 11.7 Å². The molecule has 1 heterocycles. The lowest BCUT2D eigenvalue weighted by Gasteiger charge is -2.05. The Morgan fingerprint density at radius 1 is 1.46 bits per heavy atom. The summed E-state index contributed by atoms with van der Waals surface area (Å²) < 4.78 is 18.2. The van der Waals surface area contributed by atoms with Gasteiger partial charge in [-0.1, -0.05) is 0 Å². The molecule has 0 aliphatic rings. The van der Waals surface area contributed by atoms with E-state index in [9.17, 15) is 9.60 Å². The number of hydrogen-bond acceptors (Lipinski definition) is 8. The number of carbonyl (C=O) groups is 1. The maximum Gasteiger partial charge on any atom is 0.309 e. The highest BCUT2D eigenvalue weighted by Gasteiger charge is 2.16. The molecular weight excluding hydrogens is 433 g/mol. The van der Waals surface area contributed by atoms with Gasteiger partial charge in [0.15, 0.2) is 11.5 Å².